The Balaban J connectivity index is 2.21. The standard InChI is InChI=1S/C15H19N3O2/c1-11-15(2,6-9-20-11)18-14(19)13-5-8-17-10-12(13)4-3-7-16/h5,8,10-11H,6-7,9,16H2,1-2H3,(H,18,19). The maximum absolute atomic E-state index is 12.4. The molecule has 2 rings (SSSR count). The summed E-state index contributed by atoms with van der Waals surface area (Å²) in [5.74, 6) is 5.46. The van der Waals surface area contributed by atoms with Crippen molar-refractivity contribution in [2.75, 3.05) is 13.2 Å². The summed E-state index contributed by atoms with van der Waals surface area (Å²) in [7, 11) is 0. The molecule has 1 aromatic heterocycles. The van der Waals surface area contributed by atoms with Crippen LogP contribution in [0, 0.1) is 11.8 Å². The summed E-state index contributed by atoms with van der Waals surface area (Å²) in [5, 5.41) is 3.05. The number of nitrogens with two attached hydrogens (primary N) is 1. The van der Waals surface area contributed by atoms with Crippen LogP contribution in [0.2, 0.25) is 0 Å². The molecule has 0 aromatic carbocycles. The molecular formula is C15H19N3O2. The number of carbonyl (C=O) groups excluding carboxylic acids is 1. The number of carbonyl (C=O) groups is 1. The molecule has 2 unspecified atom stereocenters. The highest BCUT2D eigenvalue weighted by Gasteiger charge is 2.38. The Kier molecular flexibility index (Phi) is 4.38. The Morgan fingerprint density at radius 2 is 2.50 bits per heavy atom. The first-order valence-corrected chi connectivity index (χ1v) is 6.64. The van der Waals surface area contributed by atoms with Gasteiger partial charge in [0.15, 0.2) is 0 Å². The van der Waals surface area contributed by atoms with E-state index in [0.29, 0.717) is 17.7 Å². The molecule has 2 heterocycles. The molecule has 106 valence electrons. The van der Waals surface area contributed by atoms with Crippen molar-refractivity contribution in [3.63, 3.8) is 0 Å². The van der Waals surface area contributed by atoms with Crippen molar-refractivity contribution in [2.45, 2.75) is 31.9 Å². The first kappa shape index (κ1) is 14.5. The SMILES string of the molecule is CC1OCCC1(C)NC(=O)c1ccncc1C#CCN. The number of aromatic nitrogens is 1. The first-order chi connectivity index (χ1) is 9.57. The largest absolute Gasteiger partial charge is 0.376 e. The first-order valence-electron chi connectivity index (χ1n) is 6.64. The number of nitrogens with one attached hydrogen (secondary N) is 1. The van der Waals surface area contributed by atoms with E-state index in [2.05, 4.69) is 22.1 Å². The minimum Gasteiger partial charge on any atom is -0.376 e. The van der Waals surface area contributed by atoms with Gasteiger partial charge in [-0.1, -0.05) is 11.8 Å². The Morgan fingerprint density at radius 3 is 3.15 bits per heavy atom. The lowest BCUT2D eigenvalue weighted by Crippen LogP contribution is -2.50. The molecule has 0 aliphatic carbocycles. The lowest BCUT2D eigenvalue weighted by atomic mass is 9.94. The van der Waals surface area contributed by atoms with Gasteiger partial charge in [-0.05, 0) is 26.3 Å². The van der Waals surface area contributed by atoms with Crippen molar-refractivity contribution in [3.8, 4) is 11.8 Å². The highest BCUT2D eigenvalue weighted by Crippen LogP contribution is 2.25. The summed E-state index contributed by atoms with van der Waals surface area (Å²) >= 11 is 0. The molecule has 1 aromatic rings. The lowest BCUT2D eigenvalue weighted by Gasteiger charge is -2.29. The topological polar surface area (TPSA) is 77.2 Å². The molecule has 0 saturated carbocycles. The second-order valence-corrected chi connectivity index (χ2v) is 5.06. The molecule has 1 saturated heterocycles. The molecule has 5 nitrogen and oxygen atoms in total. The third-order valence-corrected chi connectivity index (χ3v) is 3.68. The predicted octanol–water partition coefficient (Wildman–Crippen LogP) is 0.689. The van der Waals surface area contributed by atoms with Crippen LogP contribution in [-0.2, 0) is 4.74 Å². The molecule has 2 atom stereocenters. The third-order valence-electron chi connectivity index (χ3n) is 3.68. The summed E-state index contributed by atoms with van der Waals surface area (Å²) in [6.07, 6.45) is 3.95. The smallest absolute Gasteiger partial charge is 0.253 e. The zero-order chi connectivity index (χ0) is 14.6. The van der Waals surface area contributed by atoms with E-state index in [1.54, 1.807) is 18.5 Å². The van der Waals surface area contributed by atoms with Gasteiger partial charge in [0, 0.05) is 19.0 Å². The van der Waals surface area contributed by atoms with Gasteiger partial charge in [0.2, 0.25) is 0 Å². The number of hydrogen-bond acceptors (Lipinski definition) is 4. The van der Waals surface area contributed by atoms with Gasteiger partial charge in [-0.25, -0.2) is 0 Å². The summed E-state index contributed by atoms with van der Waals surface area (Å²) in [4.78, 5) is 16.4. The maximum Gasteiger partial charge on any atom is 0.253 e. The highest BCUT2D eigenvalue weighted by molar-refractivity contribution is 5.97. The van der Waals surface area contributed by atoms with Crippen molar-refractivity contribution in [1.29, 1.82) is 0 Å². The van der Waals surface area contributed by atoms with Crippen LogP contribution in [0.5, 0.6) is 0 Å². The summed E-state index contributed by atoms with van der Waals surface area (Å²) in [6, 6.07) is 1.67. The Bertz CT molecular complexity index is 562. The second kappa shape index (κ2) is 6.04. The van der Waals surface area contributed by atoms with Gasteiger partial charge in [-0.3, -0.25) is 9.78 Å². The minimum atomic E-state index is -0.348. The van der Waals surface area contributed by atoms with Gasteiger partial charge in [0.1, 0.15) is 0 Å². The number of amides is 1. The fourth-order valence-corrected chi connectivity index (χ4v) is 2.16. The van der Waals surface area contributed by atoms with Crippen LogP contribution in [0.15, 0.2) is 18.5 Å². The van der Waals surface area contributed by atoms with Crippen molar-refractivity contribution in [2.24, 2.45) is 5.73 Å². The van der Waals surface area contributed by atoms with Crippen molar-refractivity contribution >= 4 is 5.91 Å². The molecule has 0 spiro atoms. The van der Waals surface area contributed by atoms with E-state index in [1.165, 1.54) is 0 Å². The van der Waals surface area contributed by atoms with Crippen molar-refractivity contribution in [3.05, 3.63) is 29.6 Å². The van der Waals surface area contributed by atoms with Gasteiger partial charge in [0.25, 0.3) is 5.91 Å². The minimum absolute atomic E-state index is 0.00753. The average Bonchev–Trinajstić information content (AvgIpc) is 2.76. The zero-order valence-electron chi connectivity index (χ0n) is 11.8. The highest BCUT2D eigenvalue weighted by atomic mass is 16.5. The van der Waals surface area contributed by atoms with Crippen LogP contribution < -0.4 is 11.1 Å². The van der Waals surface area contributed by atoms with E-state index in [4.69, 9.17) is 10.5 Å². The van der Waals surface area contributed by atoms with Crippen LogP contribution in [0.25, 0.3) is 0 Å². The van der Waals surface area contributed by atoms with Gasteiger partial charge < -0.3 is 15.8 Å². The van der Waals surface area contributed by atoms with Crippen LogP contribution in [0.1, 0.15) is 36.2 Å². The molecule has 1 aliphatic rings. The summed E-state index contributed by atoms with van der Waals surface area (Å²) < 4.78 is 5.53. The summed E-state index contributed by atoms with van der Waals surface area (Å²) in [6.45, 7) is 4.87. The monoisotopic (exact) mass is 273 g/mol. The number of hydrogen-bond donors (Lipinski definition) is 2. The predicted molar refractivity (Wildman–Crippen MR) is 76.1 cm³/mol. The quantitative estimate of drug-likeness (QED) is 0.777. The van der Waals surface area contributed by atoms with Crippen molar-refractivity contribution in [1.82, 2.24) is 10.3 Å². The molecule has 1 fully saturated rings. The fraction of sp³-hybridized carbons (Fsp3) is 0.467. The molecular weight excluding hydrogens is 254 g/mol. The van der Waals surface area contributed by atoms with Gasteiger partial charge in [0.05, 0.1) is 29.3 Å². The van der Waals surface area contributed by atoms with Gasteiger partial charge >= 0.3 is 0 Å². The van der Waals surface area contributed by atoms with Gasteiger partial charge in [-0.15, -0.1) is 0 Å². The van der Waals surface area contributed by atoms with Crippen molar-refractivity contribution < 1.29 is 9.53 Å². The Morgan fingerprint density at radius 1 is 1.70 bits per heavy atom. The molecule has 0 bridgehead atoms. The number of rotatable bonds is 2. The van der Waals surface area contributed by atoms with Crippen LogP contribution in [0.3, 0.4) is 0 Å². The zero-order valence-corrected chi connectivity index (χ0v) is 11.8. The summed E-state index contributed by atoms with van der Waals surface area (Å²) in [5.41, 5.74) is 6.12. The van der Waals surface area contributed by atoms with Crippen LogP contribution in [0.4, 0.5) is 0 Å². The Hall–Kier alpha value is -1.90. The number of ether oxygens (including phenoxy) is 1. The molecule has 20 heavy (non-hydrogen) atoms. The molecule has 3 N–H and O–H groups in total. The Labute approximate surface area is 118 Å². The number of pyridine rings is 1. The van der Waals surface area contributed by atoms with E-state index in [9.17, 15) is 4.79 Å². The second-order valence-electron chi connectivity index (χ2n) is 5.06. The van der Waals surface area contributed by atoms with E-state index in [-0.39, 0.29) is 24.1 Å². The van der Waals surface area contributed by atoms with E-state index in [1.807, 2.05) is 13.8 Å². The molecule has 1 amide bonds. The fourth-order valence-electron chi connectivity index (χ4n) is 2.16. The van der Waals surface area contributed by atoms with E-state index in [0.717, 1.165) is 6.42 Å². The maximum atomic E-state index is 12.4. The molecule has 1 aliphatic heterocycles. The average molecular weight is 273 g/mol. The normalized spacial score (nSPS) is 24.9. The molecule has 0 radical (unpaired) electrons. The van der Waals surface area contributed by atoms with E-state index >= 15 is 0 Å². The lowest BCUT2D eigenvalue weighted by molar-refractivity contribution is 0.0727. The van der Waals surface area contributed by atoms with Crippen LogP contribution >= 0.6 is 0 Å². The molecule has 5 heteroatoms. The number of nitrogens with zero attached hydrogens (tertiary/aromatic N) is 1. The van der Waals surface area contributed by atoms with Crippen LogP contribution in [-0.4, -0.2) is 35.7 Å². The van der Waals surface area contributed by atoms with Gasteiger partial charge in [-0.2, -0.15) is 0 Å². The van der Waals surface area contributed by atoms with E-state index < -0.39 is 0 Å². The third kappa shape index (κ3) is 2.98.